The SMILES string of the molecule is CSc1cccc(F)c1[C@H](C)O. The number of hydrogen-bond acceptors (Lipinski definition) is 2. The molecule has 1 nitrogen and oxygen atoms in total. The molecule has 0 aliphatic rings. The number of thioether (sulfide) groups is 1. The molecule has 0 unspecified atom stereocenters. The highest BCUT2D eigenvalue weighted by Crippen LogP contribution is 2.27. The van der Waals surface area contributed by atoms with Gasteiger partial charge in [0.25, 0.3) is 0 Å². The molecule has 0 amide bonds. The average molecular weight is 186 g/mol. The van der Waals surface area contributed by atoms with Crippen LogP contribution in [0.25, 0.3) is 0 Å². The van der Waals surface area contributed by atoms with Crippen LogP contribution in [0, 0.1) is 5.82 Å². The number of halogens is 1. The maximum atomic E-state index is 13.1. The van der Waals surface area contributed by atoms with Crippen molar-refractivity contribution in [3.05, 3.63) is 29.6 Å². The molecule has 12 heavy (non-hydrogen) atoms. The Labute approximate surface area is 75.6 Å². The lowest BCUT2D eigenvalue weighted by molar-refractivity contribution is 0.191. The fourth-order valence-corrected chi connectivity index (χ4v) is 1.80. The molecule has 3 heteroatoms. The van der Waals surface area contributed by atoms with Crippen LogP contribution in [0.2, 0.25) is 0 Å². The highest BCUT2D eigenvalue weighted by molar-refractivity contribution is 7.98. The molecule has 0 radical (unpaired) electrons. The van der Waals surface area contributed by atoms with Gasteiger partial charge >= 0.3 is 0 Å². The summed E-state index contributed by atoms with van der Waals surface area (Å²) >= 11 is 1.44. The summed E-state index contributed by atoms with van der Waals surface area (Å²) in [7, 11) is 0. The van der Waals surface area contributed by atoms with E-state index < -0.39 is 6.10 Å². The summed E-state index contributed by atoms with van der Waals surface area (Å²) in [5.41, 5.74) is 0.394. The van der Waals surface area contributed by atoms with Gasteiger partial charge in [-0.25, -0.2) is 4.39 Å². The topological polar surface area (TPSA) is 20.2 Å². The van der Waals surface area contributed by atoms with Crippen molar-refractivity contribution in [3.8, 4) is 0 Å². The second kappa shape index (κ2) is 3.92. The van der Waals surface area contributed by atoms with Crippen LogP contribution in [0.4, 0.5) is 4.39 Å². The van der Waals surface area contributed by atoms with Gasteiger partial charge in [0.2, 0.25) is 0 Å². The quantitative estimate of drug-likeness (QED) is 0.716. The fourth-order valence-electron chi connectivity index (χ4n) is 1.10. The molecule has 0 bridgehead atoms. The predicted molar refractivity (Wildman–Crippen MR) is 48.8 cm³/mol. The summed E-state index contributed by atoms with van der Waals surface area (Å²) in [4.78, 5) is 0.796. The Morgan fingerprint density at radius 1 is 1.50 bits per heavy atom. The molecule has 0 spiro atoms. The fraction of sp³-hybridized carbons (Fsp3) is 0.333. The maximum Gasteiger partial charge on any atom is 0.130 e. The Morgan fingerprint density at radius 2 is 2.17 bits per heavy atom. The molecular formula is C9H11FOS. The summed E-state index contributed by atoms with van der Waals surface area (Å²) in [6, 6.07) is 4.81. The van der Waals surface area contributed by atoms with Gasteiger partial charge in [0.15, 0.2) is 0 Å². The van der Waals surface area contributed by atoms with Gasteiger partial charge in [-0.1, -0.05) is 6.07 Å². The first-order valence-corrected chi connectivity index (χ1v) is 4.89. The maximum absolute atomic E-state index is 13.1. The van der Waals surface area contributed by atoms with Crippen molar-refractivity contribution in [1.29, 1.82) is 0 Å². The molecule has 66 valence electrons. The zero-order chi connectivity index (χ0) is 9.14. The molecule has 0 heterocycles. The van der Waals surface area contributed by atoms with E-state index in [4.69, 9.17) is 0 Å². The van der Waals surface area contributed by atoms with Crippen molar-refractivity contribution < 1.29 is 9.50 Å². The first-order valence-electron chi connectivity index (χ1n) is 3.67. The van der Waals surface area contributed by atoms with Crippen LogP contribution in [0.15, 0.2) is 23.1 Å². The number of aliphatic hydroxyl groups excluding tert-OH is 1. The molecule has 0 saturated carbocycles. The molecule has 1 rings (SSSR count). The van der Waals surface area contributed by atoms with E-state index in [0.717, 1.165) is 4.90 Å². The molecule has 0 fully saturated rings. The number of aliphatic hydroxyl groups is 1. The van der Waals surface area contributed by atoms with E-state index in [2.05, 4.69) is 0 Å². The van der Waals surface area contributed by atoms with Gasteiger partial charge in [0.05, 0.1) is 6.10 Å². The third kappa shape index (κ3) is 1.79. The van der Waals surface area contributed by atoms with Crippen LogP contribution in [0.1, 0.15) is 18.6 Å². The molecule has 0 aromatic heterocycles. The van der Waals surface area contributed by atoms with Crippen LogP contribution in [0.5, 0.6) is 0 Å². The summed E-state index contributed by atoms with van der Waals surface area (Å²) in [6.07, 6.45) is 1.12. The lowest BCUT2D eigenvalue weighted by atomic mass is 10.1. The van der Waals surface area contributed by atoms with Crippen molar-refractivity contribution >= 4 is 11.8 Å². The van der Waals surface area contributed by atoms with E-state index >= 15 is 0 Å². The van der Waals surface area contributed by atoms with Crippen molar-refractivity contribution in [2.75, 3.05) is 6.26 Å². The van der Waals surface area contributed by atoms with E-state index in [9.17, 15) is 9.50 Å². The van der Waals surface area contributed by atoms with E-state index in [0.29, 0.717) is 5.56 Å². The van der Waals surface area contributed by atoms with E-state index in [1.54, 1.807) is 19.1 Å². The zero-order valence-electron chi connectivity index (χ0n) is 7.04. The highest BCUT2D eigenvalue weighted by atomic mass is 32.2. The van der Waals surface area contributed by atoms with Gasteiger partial charge in [0, 0.05) is 10.5 Å². The van der Waals surface area contributed by atoms with Gasteiger partial charge in [-0.05, 0) is 25.3 Å². The summed E-state index contributed by atoms with van der Waals surface area (Å²) in [6.45, 7) is 1.57. The molecule has 0 aliphatic carbocycles. The zero-order valence-corrected chi connectivity index (χ0v) is 7.86. The number of hydrogen-bond donors (Lipinski definition) is 1. The van der Waals surface area contributed by atoms with E-state index in [-0.39, 0.29) is 5.82 Å². The summed E-state index contributed by atoms with van der Waals surface area (Å²) in [5, 5.41) is 9.26. The monoisotopic (exact) mass is 186 g/mol. The molecular weight excluding hydrogens is 175 g/mol. The molecule has 0 aliphatic heterocycles. The molecule has 1 aromatic rings. The highest BCUT2D eigenvalue weighted by Gasteiger charge is 2.11. The van der Waals surface area contributed by atoms with Gasteiger partial charge < -0.3 is 5.11 Å². The van der Waals surface area contributed by atoms with Crippen LogP contribution >= 0.6 is 11.8 Å². The second-order valence-corrected chi connectivity index (χ2v) is 3.38. The van der Waals surface area contributed by atoms with E-state index in [1.165, 1.54) is 17.8 Å². The average Bonchev–Trinajstić information content (AvgIpc) is 2.03. The minimum absolute atomic E-state index is 0.336. The van der Waals surface area contributed by atoms with Crippen molar-refractivity contribution in [3.63, 3.8) is 0 Å². The lowest BCUT2D eigenvalue weighted by Crippen LogP contribution is -1.97. The van der Waals surface area contributed by atoms with Crippen molar-refractivity contribution in [2.24, 2.45) is 0 Å². The summed E-state index contributed by atoms with van der Waals surface area (Å²) < 4.78 is 13.1. The predicted octanol–water partition coefficient (Wildman–Crippen LogP) is 2.60. The van der Waals surface area contributed by atoms with Crippen molar-refractivity contribution in [2.45, 2.75) is 17.9 Å². The normalized spacial score (nSPS) is 13.0. The van der Waals surface area contributed by atoms with Gasteiger partial charge in [-0.3, -0.25) is 0 Å². The van der Waals surface area contributed by atoms with Crippen LogP contribution in [-0.4, -0.2) is 11.4 Å². The van der Waals surface area contributed by atoms with Crippen LogP contribution < -0.4 is 0 Å². The largest absolute Gasteiger partial charge is 0.389 e. The molecule has 1 aromatic carbocycles. The summed E-state index contributed by atoms with van der Waals surface area (Å²) in [5.74, 6) is -0.336. The van der Waals surface area contributed by atoms with Crippen LogP contribution in [-0.2, 0) is 0 Å². The Balaban J connectivity index is 3.20. The Bertz CT molecular complexity index is 273. The van der Waals surface area contributed by atoms with E-state index in [1.807, 2.05) is 6.26 Å². The minimum Gasteiger partial charge on any atom is -0.389 e. The van der Waals surface area contributed by atoms with Gasteiger partial charge in [-0.15, -0.1) is 11.8 Å². The first-order chi connectivity index (χ1) is 5.66. The first kappa shape index (κ1) is 9.55. The third-order valence-corrected chi connectivity index (χ3v) is 2.45. The van der Waals surface area contributed by atoms with Crippen molar-refractivity contribution in [1.82, 2.24) is 0 Å². The Kier molecular flexibility index (Phi) is 3.12. The molecule has 1 N–H and O–H groups in total. The Morgan fingerprint density at radius 3 is 2.58 bits per heavy atom. The smallest absolute Gasteiger partial charge is 0.130 e. The second-order valence-electron chi connectivity index (χ2n) is 2.53. The molecule has 0 saturated heterocycles. The Hall–Kier alpha value is -0.540. The van der Waals surface area contributed by atoms with Crippen LogP contribution in [0.3, 0.4) is 0 Å². The third-order valence-electron chi connectivity index (χ3n) is 1.65. The molecule has 1 atom stereocenters. The number of benzene rings is 1. The minimum atomic E-state index is -0.742. The van der Waals surface area contributed by atoms with Gasteiger partial charge in [0.1, 0.15) is 5.82 Å². The lowest BCUT2D eigenvalue weighted by Gasteiger charge is -2.10. The standard InChI is InChI=1S/C9H11FOS/c1-6(11)9-7(10)4-3-5-8(9)12-2/h3-6,11H,1-2H3/t6-/m0/s1. The van der Waals surface area contributed by atoms with Gasteiger partial charge in [-0.2, -0.15) is 0 Å². The number of rotatable bonds is 2.